The summed E-state index contributed by atoms with van der Waals surface area (Å²) < 4.78 is 1.62. The Morgan fingerprint density at radius 3 is 3.00 bits per heavy atom. The topological polar surface area (TPSA) is 80.9 Å². The summed E-state index contributed by atoms with van der Waals surface area (Å²) in [4.78, 5) is 10.6. The van der Waals surface area contributed by atoms with Crippen LogP contribution in [0.4, 0.5) is 0 Å². The quantitative estimate of drug-likeness (QED) is 0.822. The van der Waals surface area contributed by atoms with Gasteiger partial charge in [0.1, 0.15) is 5.03 Å². The Morgan fingerprint density at radius 2 is 2.39 bits per heavy atom. The Labute approximate surface area is 108 Å². The highest BCUT2D eigenvalue weighted by Gasteiger charge is 2.11. The molecule has 0 bridgehead atoms. The van der Waals surface area contributed by atoms with E-state index in [0.717, 1.165) is 17.1 Å². The van der Waals surface area contributed by atoms with Gasteiger partial charge in [0.25, 0.3) is 0 Å². The van der Waals surface area contributed by atoms with Gasteiger partial charge in [-0.2, -0.15) is 10.2 Å². The number of carboxylic acids is 1. The van der Waals surface area contributed by atoms with E-state index in [1.54, 1.807) is 23.0 Å². The molecule has 2 rings (SSSR count). The maximum atomic E-state index is 10.6. The van der Waals surface area contributed by atoms with Crippen molar-refractivity contribution < 1.29 is 9.90 Å². The number of aromatic nitrogens is 4. The fraction of sp³-hybridized carbons (Fsp3) is 0.273. The molecule has 0 spiro atoms. The van der Waals surface area contributed by atoms with E-state index in [0.29, 0.717) is 5.82 Å². The zero-order chi connectivity index (χ0) is 13.0. The number of thioether (sulfide) groups is 1. The summed E-state index contributed by atoms with van der Waals surface area (Å²) in [6, 6.07) is 5.42. The Hall–Kier alpha value is -1.89. The third-order valence-corrected chi connectivity index (χ3v) is 3.19. The number of carbonyl (C=O) groups is 1. The molecule has 94 valence electrons. The number of hydrogen-bond acceptors (Lipinski definition) is 5. The molecule has 0 atom stereocenters. The minimum atomic E-state index is -0.857. The van der Waals surface area contributed by atoms with E-state index in [-0.39, 0.29) is 5.75 Å². The lowest BCUT2D eigenvalue weighted by Gasteiger charge is -2.03. The molecule has 2 aromatic heterocycles. The van der Waals surface area contributed by atoms with Gasteiger partial charge < -0.3 is 5.11 Å². The van der Waals surface area contributed by atoms with Crippen LogP contribution in [0, 0.1) is 0 Å². The zero-order valence-corrected chi connectivity index (χ0v) is 10.6. The monoisotopic (exact) mass is 264 g/mol. The number of rotatable bonds is 5. The molecule has 0 radical (unpaired) electrons. The second-order valence-electron chi connectivity index (χ2n) is 3.50. The van der Waals surface area contributed by atoms with Crippen LogP contribution in [0.5, 0.6) is 0 Å². The predicted molar refractivity (Wildman–Crippen MR) is 66.9 cm³/mol. The highest BCUT2D eigenvalue weighted by Crippen LogP contribution is 2.22. The van der Waals surface area contributed by atoms with Crippen molar-refractivity contribution in [2.75, 3.05) is 5.75 Å². The smallest absolute Gasteiger partial charge is 0.313 e. The van der Waals surface area contributed by atoms with Crippen LogP contribution in [0.25, 0.3) is 5.82 Å². The normalized spacial score (nSPS) is 10.5. The molecule has 0 aliphatic carbocycles. The maximum Gasteiger partial charge on any atom is 0.313 e. The average Bonchev–Trinajstić information content (AvgIpc) is 2.80. The molecule has 0 aromatic carbocycles. The summed E-state index contributed by atoms with van der Waals surface area (Å²) in [5, 5.41) is 21.6. The standard InChI is InChI=1S/C11H12N4O2S/c1-2-8-6-10(18-7-11(16)17)15(14-8)9-4-3-5-12-13-9/h3-6H,2,7H2,1H3,(H,16,17). The molecular formula is C11H12N4O2S. The van der Waals surface area contributed by atoms with Gasteiger partial charge in [-0.1, -0.05) is 18.7 Å². The summed E-state index contributed by atoms with van der Waals surface area (Å²) in [6.45, 7) is 2.00. The highest BCUT2D eigenvalue weighted by atomic mass is 32.2. The first-order valence-corrected chi connectivity index (χ1v) is 6.41. The zero-order valence-electron chi connectivity index (χ0n) is 9.78. The second-order valence-corrected chi connectivity index (χ2v) is 4.50. The van der Waals surface area contributed by atoms with Gasteiger partial charge in [0.05, 0.1) is 11.4 Å². The Bertz CT molecular complexity index is 541. The fourth-order valence-electron chi connectivity index (χ4n) is 1.39. The van der Waals surface area contributed by atoms with E-state index in [1.165, 1.54) is 11.8 Å². The summed E-state index contributed by atoms with van der Waals surface area (Å²) in [7, 11) is 0. The van der Waals surface area contributed by atoms with Crippen molar-refractivity contribution in [3.63, 3.8) is 0 Å². The largest absolute Gasteiger partial charge is 0.481 e. The van der Waals surface area contributed by atoms with Crippen molar-refractivity contribution >= 4 is 17.7 Å². The summed E-state index contributed by atoms with van der Waals surface area (Å²) >= 11 is 1.22. The summed E-state index contributed by atoms with van der Waals surface area (Å²) in [5.41, 5.74) is 0.897. The van der Waals surface area contributed by atoms with E-state index >= 15 is 0 Å². The SMILES string of the molecule is CCc1cc(SCC(=O)O)n(-c2cccnn2)n1. The number of hydrogen-bond donors (Lipinski definition) is 1. The minimum Gasteiger partial charge on any atom is -0.481 e. The van der Waals surface area contributed by atoms with Crippen LogP contribution in [0.1, 0.15) is 12.6 Å². The van der Waals surface area contributed by atoms with Crippen molar-refractivity contribution in [2.24, 2.45) is 0 Å². The van der Waals surface area contributed by atoms with E-state index in [1.807, 2.05) is 13.0 Å². The molecule has 1 N–H and O–H groups in total. The van der Waals surface area contributed by atoms with Gasteiger partial charge in [-0.15, -0.1) is 5.10 Å². The molecule has 0 fully saturated rings. The summed E-state index contributed by atoms with van der Waals surface area (Å²) in [6.07, 6.45) is 2.37. The number of carboxylic acid groups (broad SMARTS) is 1. The number of aryl methyl sites for hydroxylation is 1. The molecule has 18 heavy (non-hydrogen) atoms. The van der Waals surface area contributed by atoms with Gasteiger partial charge in [-0.3, -0.25) is 4.79 Å². The van der Waals surface area contributed by atoms with Crippen molar-refractivity contribution in [3.05, 3.63) is 30.1 Å². The molecule has 2 aromatic rings. The molecule has 0 amide bonds. The molecular weight excluding hydrogens is 252 g/mol. The van der Waals surface area contributed by atoms with Crippen LogP contribution in [-0.2, 0) is 11.2 Å². The van der Waals surface area contributed by atoms with Crippen molar-refractivity contribution in [2.45, 2.75) is 18.4 Å². The molecule has 0 aliphatic heterocycles. The van der Waals surface area contributed by atoms with E-state index in [2.05, 4.69) is 15.3 Å². The van der Waals surface area contributed by atoms with Gasteiger partial charge in [0.15, 0.2) is 5.82 Å². The first-order valence-electron chi connectivity index (χ1n) is 5.42. The lowest BCUT2D eigenvalue weighted by atomic mass is 10.3. The van der Waals surface area contributed by atoms with Crippen LogP contribution >= 0.6 is 11.8 Å². The van der Waals surface area contributed by atoms with Crippen LogP contribution in [-0.4, -0.2) is 36.8 Å². The Kier molecular flexibility index (Phi) is 3.93. The van der Waals surface area contributed by atoms with Gasteiger partial charge in [-0.05, 0) is 24.6 Å². The second kappa shape index (κ2) is 5.63. The van der Waals surface area contributed by atoms with Crippen molar-refractivity contribution in [3.8, 4) is 5.82 Å². The van der Waals surface area contributed by atoms with E-state index < -0.39 is 5.97 Å². The van der Waals surface area contributed by atoms with Gasteiger partial charge in [0.2, 0.25) is 0 Å². The molecule has 7 heteroatoms. The predicted octanol–water partition coefficient (Wildman–Crippen LogP) is 1.40. The Balaban J connectivity index is 2.33. The first kappa shape index (κ1) is 12.6. The van der Waals surface area contributed by atoms with E-state index in [4.69, 9.17) is 5.11 Å². The molecule has 0 saturated heterocycles. The Morgan fingerprint density at radius 1 is 1.56 bits per heavy atom. The van der Waals surface area contributed by atoms with Gasteiger partial charge in [-0.25, -0.2) is 4.68 Å². The minimum absolute atomic E-state index is 0.00485. The first-order chi connectivity index (χ1) is 8.70. The molecule has 6 nitrogen and oxygen atoms in total. The number of aliphatic carboxylic acids is 1. The van der Waals surface area contributed by atoms with E-state index in [9.17, 15) is 4.79 Å². The molecule has 0 unspecified atom stereocenters. The lowest BCUT2D eigenvalue weighted by molar-refractivity contribution is -0.133. The van der Waals surface area contributed by atoms with Crippen LogP contribution < -0.4 is 0 Å². The van der Waals surface area contributed by atoms with Crippen molar-refractivity contribution in [1.82, 2.24) is 20.0 Å². The number of nitrogens with zero attached hydrogens (tertiary/aromatic N) is 4. The third kappa shape index (κ3) is 2.86. The van der Waals surface area contributed by atoms with Crippen LogP contribution in [0.3, 0.4) is 0 Å². The molecule has 2 heterocycles. The average molecular weight is 264 g/mol. The van der Waals surface area contributed by atoms with Crippen molar-refractivity contribution in [1.29, 1.82) is 0 Å². The fourth-order valence-corrected chi connectivity index (χ4v) is 2.14. The third-order valence-electron chi connectivity index (χ3n) is 2.21. The van der Waals surface area contributed by atoms with Crippen LogP contribution in [0.2, 0.25) is 0 Å². The highest BCUT2D eigenvalue weighted by molar-refractivity contribution is 7.99. The summed E-state index contributed by atoms with van der Waals surface area (Å²) in [5.74, 6) is -0.273. The molecule has 0 saturated carbocycles. The van der Waals surface area contributed by atoms with Crippen LogP contribution in [0.15, 0.2) is 29.4 Å². The van der Waals surface area contributed by atoms with Gasteiger partial charge in [0, 0.05) is 6.20 Å². The van der Waals surface area contributed by atoms with Gasteiger partial charge >= 0.3 is 5.97 Å². The molecule has 0 aliphatic rings. The maximum absolute atomic E-state index is 10.6. The lowest BCUT2D eigenvalue weighted by Crippen LogP contribution is -2.04.